The average molecular weight is 239 g/mol. The summed E-state index contributed by atoms with van der Waals surface area (Å²) in [7, 11) is -2.68. The van der Waals surface area contributed by atoms with E-state index in [1.807, 2.05) is 6.92 Å². The van der Waals surface area contributed by atoms with E-state index < -0.39 is 7.82 Å². The first-order valence-electron chi connectivity index (χ1n) is 4.81. The first kappa shape index (κ1) is 14.6. The van der Waals surface area contributed by atoms with Crippen molar-refractivity contribution < 1.29 is 23.7 Å². The molecule has 0 unspecified atom stereocenters. The first-order chi connectivity index (χ1) is 6.87. The van der Waals surface area contributed by atoms with Crippen LogP contribution >= 0.6 is 7.82 Å². The highest BCUT2D eigenvalue weighted by molar-refractivity contribution is 7.46. The molecule has 0 aromatic rings. The fourth-order valence-corrected chi connectivity index (χ4v) is 1.42. The summed E-state index contributed by atoms with van der Waals surface area (Å²) >= 11 is 0. The van der Waals surface area contributed by atoms with Gasteiger partial charge in [-0.15, -0.1) is 0 Å². The summed E-state index contributed by atoms with van der Waals surface area (Å²) in [5.41, 5.74) is 0. The van der Waals surface area contributed by atoms with Crippen molar-refractivity contribution in [3.8, 4) is 0 Å². The number of phosphoric acid groups is 1. The molecule has 0 aromatic heterocycles. The third kappa shape index (κ3) is 8.57. The van der Waals surface area contributed by atoms with Gasteiger partial charge in [0, 0.05) is 20.0 Å². The standard InChI is InChI=1S/C8H18NO5P/c1-3-6-9(2)8(10)5-4-7-14-15(11,12)13/h3-7H2,1-2H3,(H2,11,12,13). The lowest BCUT2D eigenvalue weighted by Gasteiger charge is -2.15. The zero-order valence-corrected chi connectivity index (χ0v) is 9.94. The molecule has 0 aliphatic heterocycles. The van der Waals surface area contributed by atoms with Gasteiger partial charge in [-0.25, -0.2) is 4.57 Å². The van der Waals surface area contributed by atoms with Gasteiger partial charge >= 0.3 is 7.82 Å². The molecule has 1 amide bonds. The third-order valence-corrected chi connectivity index (χ3v) is 2.30. The minimum Gasteiger partial charge on any atom is -0.346 e. The molecule has 2 N–H and O–H groups in total. The molecule has 0 atom stereocenters. The molecule has 0 aromatic carbocycles. The summed E-state index contributed by atoms with van der Waals surface area (Å²) in [4.78, 5) is 29.7. The smallest absolute Gasteiger partial charge is 0.346 e. The normalized spacial score (nSPS) is 11.5. The van der Waals surface area contributed by atoms with Crippen LogP contribution in [0, 0.1) is 0 Å². The molecule has 6 nitrogen and oxygen atoms in total. The quantitative estimate of drug-likeness (QED) is 0.505. The number of nitrogens with zero attached hydrogens (tertiary/aromatic N) is 1. The van der Waals surface area contributed by atoms with Crippen LogP contribution in [0.15, 0.2) is 0 Å². The fraction of sp³-hybridized carbons (Fsp3) is 0.875. The van der Waals surface area contributed by atoms with Crippen LogP contribution in [0.2, 0.25) is 0 Å². The van der Waals surface area contributed by atoms with Gasteiger partial charge in [0.1, 0.15) is 0 Å². The van der Waals surface area contributed by atoms with E-state index in [9.17, 15) is 9.36 Å². The van der Waals surface area contributed by atoms with E-state index in [1.54, 1.807) is 11.9 Å². The fourth-order valence-electron chi connectivity index (χ4n) is 1.06. The Balaban J connectivity index is 3.60. The Morgan fingerprint density at radius 3 is 2.53 bits per heavy atom. The third-order valence-electron chi connectivity index (χ3n) is 1.78. The number of phosphoric ester groups is 1. The van der Waals surface area contributed by atoms with Crippen molar-refractivity contribution in [3.63, 3.8) is 0 Å². The van der Waals surface area contributed by atoms with Crippen molar-refractivity contribution >= 4 is 13.7 Å². The van der Waals surface area contributed by atoms with Gasteiger partial charge in [-0.1, -0.05) is 6.92 Å². The zero-order chi connectivity index (χ0) is 11.9. The minimum absolute atomic E-state index is 0.0360. The van der Waals surface area contributed by atoms with Crippen LogP contribution in [0.1, 0.15) is 26.2 Å². The van der Waals surface area contributed by atoms with Crippen molar-refractivity contribution in [3.05, 3.63) is 0 Å². The van der Waals surface area contributed by atoms with Gasteiger partial charge in [0.15, 0.2) is 0 Å². The maximum absolute atomic E-state index is 11.3. The number of amides is 1. The number of hydrogen-bond acceptors (Lipinski definition) is 3. The Hall–Kier alpha value is -0.420. The Morgan fingerprint density at radius 1 is 1.47 bits per heavy atom. The second kappa shape index (κ2) is 6.95. The molecule has 0 radical (unpaired) electrons. The van der Waals surface area contributed by atoms with Crippen molar-refractivity contribution in [1.29, 1.82) is 0 Å². The van der Waals surface area contributed by atoms with Crippen molar-refractivity contribution in [1.82, 2.24) is 4.90 Å². The van der Waals surface area contributed by atoms with E-state index in [4.69, 9.17) is 9.79 Å². The highest BCUT2D eigenvalue weighted by Crippen LogP contribution is 2.35. The van der Waals surface area contributed by atoms with E-state index in [0.29, 0.717) is 13.0 Å². The summed E-state index contributed by atoms with van der Waals surface area (Å²) in [5, 5.41) is 0. The second-order valence-electron chi connectivity index (χ2n) is 3.24. The monoisotopic (exact) mass is 239 g/mol. The number of hydrogen-bond donors (Lipinski definition) is 2. The number of carbonyl (C=O) groups is 1. The summed E-state index contributed by atoms with van der Waals surface area (Å²) in [6, 6.07) is 0. The molecule has 0 saturated heterocycles. The van der Waals surface area contributed by atoms with Crippen LogP contribution in [0.4, 0.5) is 0 Å². The number of carbonyl (C=O) groups excluding carboxylic acids is 1. The predicted octanol–water partition coefficient (Wildman–Crippen LogP) is 0.744. The summed E-state index contributed by atoms with van der Waals surface area (Å²) in [5.74, 6) is -0.0360. The van der Waals surface area contributed by atoms with Crippen LogP contribution in [0.25, 0.3) is 0 Å². The van der Waals surface area contributed by atoms with E-state index in [2.05, 4.69) is 4.52 Å². The predicted molar refractivity (Wildman–Crippen MR) is 55.2 cm³/mol. The van der Waals surface area contributed by atoms with E-state index in [-0.39, 0.29) is 18.9 Å². The average Bonchev–Trinajstić information content (AvgIpc) is 2.11. The van der Waals surface area contributed by atoms with Crippen molar-refractivity contribution in [2.45, 2.75) is 26.2 Å². The highest BCUT2D eigenvalue weighted by atomic mass is 31.2. The molecular formula is C8H18NO5P. The largest absolute Gasteiger partial charge is 0.469 e. The summed E-state index contributed by atoms with van der Waals surface area (Å²) in [6.07, 6.45) is 1.45. The molecule has 15 heavy (non-hydrogen) atoms. The molecular weight excluding hydrogens is 221 g/mol. The number of rotatable bonds is 7. The van der Waals surface area contributed by atoms with Gasteiger partial charge in [0.05, 0.1) is 6.61 Å². The van der Waals surface area contributed by atoms with Gasteiger partial charge in [0.2, 0.25) is 5.91 Å². The highest BCUT2D eigenvalue weighted by Gasteiger charge is 2.14. The van der Waals surface area contributed by atoms with Crippen LogP contribution in [-0.4, -0.2) is 40.8 Å². The molecule has 0 spiro atoms. The zero-order valence-electron chi connectivity index (χ0n) is 9.05. The molecule has 0 rings (SSSR count). The van der Waals surface area contributed by atoms with Crippen LogP contribution in [-0.2, 0) is 13.9 Å². The summed E-state index contributed by atoms with van der Waals surface area (Å²) in [6.45, 7) is 2.56. The molecule has 90 valence electrons. The van der Waals surface area contributed by atoms with Gasteiger partial charge in [-0.3, -0.25) is 9.32 Å². The molecule has 0 saturated carbocycles. The Labute approximate surface area is 89.5 Å². The second-order valence-corrected chi connectivity index (χ2v) is 4.48. The van der Waals surface area contributed by atoms with Crippen LogP contribution in [0.3, 0.4) is 0 Å². The molecule has 7 heteroatoms. The van der Waals surface area contributed by atoms with Crippen molar-refractivity contribution in [2.24, 2.45) is 0 Å². The van der Waals surface area contributed by atoms with Crippen LogP contribution < -0.4 is 0 Å². The molecule has 0 aliphatic carbocycles. The van der Waals surface area contributed by atoms with E-state index in [0.717, 1.165) is 6.42 Å². The Morgan fingerprint density at radius 2 is 2.07 bits per heavy atom. The van der Waals surface area contributed by atoms with Gasteiger partial charge in [0.25, 0.3) is 0 Å². The van der Waals surface area contributed by atoms with E-state index in [1.165, 1.54) is 0 Å². The lowest BCUT2D eigenvalue weighted by molar-refractivity contribution is -0.130. The molecule has 0 aliphatic rings. The minimum atomic E-state index is -4.39. The Kier molecular flexibility index (Phi) is 6.76. The topological polar surface area (TPSA) is 87.1 Å². The van der Waals surface area contributed by atoms with Gasteiger partial charge in [-0.2, -0.15) is 0 Å². The lowest BCUT2D eigenvalue weighted by Crippen LogP contribution is -2.27. The maximum Gasteiger partial charge on any atom is 0.469 e. The molecule has 0 fully saturated rings. The van der Waals surface area contributed by atoms with E-state index >= 15 is 0 Å². The van der Waals surface area contributed by atoms with Crippen molar-refractivity contribution in [2.75, 3.05) is 20.2 Å². The maximum atomic E-state index is 11.3. The molecule has 0 heterocycles. The Bertz CT molecular complexity index is 239. The molecule has 0 bridgehead atoms. The van der Waals surface area contributed by atoms with Gasteiger partial charge in [-0.05, 0) is 12.8 Å². The lowest BCUT2D eigenvalue weighted by atomic mass is 10.3. The summed E-state index contributed by atoms with van der Waals surface area (Å²) < 4.78 is 14.5. The SMILES string of the molecule is CCCN(C)C(=O)CCCOP(=O)(O)O. The first-order valence-corrected chi connectivity index (χ1v) is 6.34. The van der Waals surface area contributed by atoms with Crippen LogP contribution in [0.5, 0.6) is 0 Å². The van der Waals surface area contributed by atoms with Gasteiger partial charge < -0.3 is 14.7 Å².